The van der Waals surface area contributed by atoms with E-state index in [9.17, 15) is 4.79 Å². The second kappa shape index (κ2) is 7.76. The third kappa shape index (κ3) is 4.16. The van der Waals surface area contributed by atoms with Crippen LogP contribution < -0.4 is 0 Å². The summed E-state index contributed by atoms with van der Waals surface area (Å²) in [5.41, 5.74) is 0.827. The summed E-state index contributed by atoms with van der Waals surface area (Å²) < 4.78 is 7.54. The van der Waals surface area contributed by atoms with E-state index in [-0.39, 0.29) is 18.1 Å². The number of aromatic nitrogens is 3. The van der Waals surface area contributed by atoms with Crippen LogP contribution in [0.3, 0.4) is 0 Å². The molecule has 2 heterocycles. The predicted molar refractivity (Wildman–Crippen MR) is 98.8 cm³/mol. The summed E-state index contributed by atoms with van der Waals surface area (Å²) in [6, 6.07) is 7.51. The summed E-state index contributed by atoms with van der Waals surface area (Å²) in [6.07, 6.45) is 0.138. The van der Waals surface area contributed by atoms with E-state index in [1.165, 1.54) is 11.8 Å². The van der Waals surface area contributed by atoms with Crippen LogP contribution in [0.4, 0.5) is 0 Å². The number of amides is 1. The van der Waals surface area contributed by atoms with Crippen LogP contribution in [0, 0.1) is 0 Å². The molecule has 0 unspecified atom stereocenters. The molecule has 25 heavy (non-hydrogen) atoms. The predicted octanol–water partition coefficient (Wildman–Crippen LogP) is 2.86. The number of carbonyl (C=O) groups excluding carboxylic acids is 1. The highest BCUT2D eigenvalue weighted by atomic mass is 35.5. The lowest BCUT2D eigenvalue weighted by molar-refractivity contribution is -0.140. The largest absolute Gasteiger partial charge is 0.372 e. The standard InChI is InChI=1S/C17H21ClN4O2S/c1-11-8-22(9-12(2)24-11)15(23)10-25-17-20-19-16(21(17)3)13-6-4-5-7-14(13)18/h4-7,11-12H,8-10H2,1-3H3/t11-,12-/m1/s1. The Kier molecular flexibility index (Phi) is 5.66. The minimum absolute atomic E-state index is 0.0688. The molecule has 1 aliphatic heterocycles. The minimum atomic E-state index is 0.0688. The van der Waals surface area contributed by atoms with Crippen LogP contribution in [0.25, 0.3) is 11.4 Å². The van der Waals surface area contributed by atoms with Gasteiger partial charge in [-0.05, 0) is 26.0 Å². The summed E-state index contributed by atoms with van der Waals surface area (Å²) in [5, 5.41) is 9.75. The normalized spacial score (nSPS) is 20.7. The first-order valence-electron chi connectivity index (χ1n) is 8.16. The molecule has 0 aliphatic carbocycles. The quantitative estimate of drug-likeness (QED) is 0.763. The van der Waals surface area contributed by atoms with Gasteiger partial charge in [0, 0.05) is 25.7 Å². The Morgan fingerprint density at radius 1 is 1.28 bits per heavy atom. The van der Waals surface area contributed by atoms with Crippen molar-refractivity contribution < 1.29 is 9.53 Å². The van der Waals surface area contributed by atoms with Crippen LogP contribution in [0.2, 0.25) is 5.02 Å². The maximum Gasteiger partial charge on any atom is 0.233 e. The molecule has 0 saturated carbocycles. The molecule has 1 saturated heterocycles. The highest BCUT2D eigenvalue weighted by molar-refractivity contribution is 7.99. The smallest absolute Gasteiger partial charge is 0.233 e. The van der Waals surface area contributed by atoms with E-state index < -0.39 is 0 Å². The number of ether oxygens (including phenoxy) is 1. The van der Waals surface area contributed by atoms with Gasteiger partial charge < -0.3 is 14.2 Å². The molecule has 6 nitrogen and oxygen atoms in total. The van der Waals surface area contributed by atoms with Gasteiger partial charge in [0.1, 0.15) is 0 Å². The summed E-state index contributed by atoms with van der Waals surface area (Å²) >= 11 is 7.62. The maximum absolute atomic E-state index is 12.5. The monoisotopic (exact) mass is 380 g/mol. The van der Waals surface area contributed by atoms with Crippen LogP contribution in [-0.2, 0) is 16.6 Å². The summed E-state index contributed by atoms with van der Waals surface area (Å²) in [7, 11) is 1.88. The van der Waals surface area contributed by atoms with Crippen LogP contribution in [-0.4, -0.2) is 56.6 Å². The Hall–Kier alpha value is -1.57. The molecule has 2 atom stereocenters. The molecule has 134 valence electrons. The van der Waals surface area contributed by atoms with Gasteiger partial charge in [0.15, 0.2) is 11.0 Å². The number of morpholine rings is 1. The summed E-state index contributed by atoms with van der Waals surface area (Å²) in [6.45, 7) is 5.24. The first-order chi connectivity index (χ1) is 12.0. The molecule has 0 bridgehead atoms. The molecule has 3 rings (SSSR count). The number of thioether (sulfide) groups is 1. The van der Waals surface area contributed by atoms with E-state index >= 15 is 0 Å². The van der Waals surface area contributed by atoms with E-state index in [1.807, 2.05) is 54.6 Å². The van der Waals surface area contributed by atoms with E-state index in [4.69, 9.17) is 16.3 Å². The number of halogens is 1. The topological polar surface area (TPSA) is 60.2 Å². The second-order valence-electron chi connectivity index (χ2n) is 6.19. The lowest BCUT2D eigenvalue weighted by Gasteiger charge is -2.35. The highest BCUT2D eigenvalue weighted by Gasteiger charge is 2.26. The molecule has 1 amide bonds. The third-order valence-electron chi connectivity index (χ3n) is 4.05. The number of benzene rings is 1. The molecule has 1 aromatic heterocycles. The van der Waals surface area contributed by atoms with E-state index in [0.29, 0.717) is 34.8 Å². The lowest BCUT2D eigenvalue weighted by Crippen LogP contribution is -2.48. The Labute approximate surface area is 156 Å². The minimum Gasteiger partial charge on any atom is -0.372 e. The molecule has 1 aromatic carbocycles. The van der Waals surface area contributed by atoms with Gasteiger partial charge in [-0.3, -0.25) is 4.79 Å². The van der Waals surface area contributed by atoms with Gasteiger partial charge in [-0.1, -0.05) is 35.5 Å². The third-order valence-corrected chi connectivity index (χ3v) is 5.38. The number of nitrogens with zero attached hydrogens (tertiary/aromatic N) is 4. The van der Waals surface area contributed by atoms with Crippen molar-refractivity contribution in [1.29, 1.82) is 0 Å². The highest BCUT2D eigenvalue weighted by Crippen LogP contribution is 2.28. The van der Waals surface area contributed by atoms with Crippen molar-refractivity contribution in [2.24, 2.45) is 7.05 Å². The fraction of sp³-hybridized carbons (Fsp3) is 0.471. The van der Waals surface area contributed by atoms with Gasteiger partial charge in [0.05, 0.1) is 23.0 Å². The molecule has 0 radical (unpaired) electrons. The molecule has 2 aromatic rings. The first-order valence-corrected chi connectivity index (χ1v) is 9.52. The molecular formula is C17H21ClN4O2S. The van der Waals surface area contributed by atoms with Gasteiger partial charge in [-0.25, -0.2) is 0 Å². The van der Waals surface area contributed by atoms with Crippen LogP contribution in [0.5, 0.6) is 0 Å². The molecule has 1 aliphatic rings. The van der Waals surface area contributed by atoms with Crippen molar-refractivity contribution in [1.82, 2.24) is 19.7 Å². The molecule has 1 fully saturated rings. The van der Waals surface area contributed by atoms with Crippen molar-refractivity contribution in [3.63, 3.8) is 0 Å². The zero-order chi connectivity index (χ0) is 18.0. The van der Waals surface area contributed by atoms with E-state index in [1.54, 1.807) is 0 Å². The fourth-order valence-electron chi connectivity index (χ4n) is 2.92. The zero-order valence-corrected chi connectivity index (χ0v) is 16.0. The van der Waals surface area contributed by atoms with Crippen molar-refractivity contribution in [3.8, 4) is 11.4 Å². The van der Waals surface area contributed by atoms with Gasteiger partial charge in [0.2, 0.25) is 5.91 Å². The fourth-order valence-corrected chi connectivity index (χ4v) is 3.95. The Morgan fingerprint density at radius 3 is 2.64 bits per heavy atom. The Balaban J connectivity index is 1.66. The Morgan fingerprint density at radius 2 is 1.96 bits per heavy atom. The summed E-state index contributed by atoms with van der Waals surface area (Å²) in [5.74, 6) is 1.11. The number of rotatable bonds is 4. The molecule has 0 spiro atoms. The molecule has 0 N–H and O–H groups in total. The van der Waals surface area contributed by atoms with Gasteiger partial charge in [-0.15, -0.1) is 10.2 Å². The van der Waals surface area contributed by atoms with Gasteiger partial charge in [-0.2, -0.15) is 0 Å². The average molecular weight is 381 g/mol. The number of hydrogen-bond acceptors (Lipinski definition) is 5. The summed E-state index contributed by atoms with van der Waals surface area (Å²) in [4.78, 5) is 14.3. The van der Waals surface area contributed by atoms with E-state index in [2.05, 4.69) is 10.2 Å². The zero-order valence-electron chi connectivity index (χ0n) is 14.5. The average Bonchev–Trinajstić information content (AvgIpc) is 2.93. The van der Waals surface area contributed by atoms with Gasteiger partial charge in [0.25, 0.3) is 0 Å². The second-order valence-corrected chi connectivity index (χ2v) is 7.54. The van der Waals surface area contributed by atoms with Crippen LogP contribution in [0.1, 0.15) is 13.8 Å². The lowest BCUT2D eigenvalue weighted by atomic mass is 10.2. The maximum atomic E-state index is 12.5. The van der Waals surface area contributed by atoms with Crippen molar-refractivity contribution in [2.75, 3.05) is 18.8 Å². The van der Waals surface area contributed by atoms with Gasteiger partial charge >= 0.3 is 0 Å². The van der Waals surface area contributed by atoms with E-state index in [0.717, 1.165) is 5.56 Å². The van der Waals surface area contributed by atoms with Crippen LogP contribution >= 0.6 is 23.4 Å². The van der Waals surface area contributed by atoms with Crippen molar-refractivity contribution in [3.05, 3.63) is 29.3 Å². The molecular weight excluding hydrogens is 360 g/mol. The van der Waals surface area contributed by atoms with Crippen molar-refractivity contribution >= 4 is 29.3 Å². The number of carbonyl (C=O) groups is 1. The number of hydrogen-bond donors (Lipinski definition) is 0. The Bertz CT molecular complexity index is 757. The first kappa shape index (κ1) is 18.2. The SMILES string of the molecule is C[C@@H]1CN(C(=O)CSc2nnc(-c3ccccc3Cl)n2C)C[C@@H](C)O1. The molecule has 8 heteroatoms. The van der Waals surface area contributed by atoms with Crippen LogP contribution in [0.15, 0.2) is 29.4 Å². The van der Waals surface area contributed by atoms with Crippen molar-refractivity contribution in [2.45, 2.75) is 31.2 Å².